The molecule has 1 heterocycles. The van der Waals surface area contributed by atoms with Gasteiger partial charge in [0.2, 0.25) is 0 Å². The molecule has 2 N–H and O–H groups in total. The maximum atomic E-state index is 13.0. The summed E-state index contributed by atoms with van der Waals surface area (Å²) >= 11 is 3.36. The van der Waals surface area contributed by atoms with Crippen LogP contribution in [0.1, 0.15) is 24.8 Å². The maximum absolute atomic E-state index is 13.0. The van der Waals surface area contributed by atoms with Gasteiger partial charge in [-0.15, -0.1) is 0 Å². The Labute approximate surface area is 166 Å². The number of ether oxygens (including phenoxy) is 1. The second kappa shape index (κ2) is 7.35. The molecular weight excluding hydrogens is 408 g/mol. The van der Waals surface area contributed by atoms with Crippen LogP contribution in [0.5, 0.6) is 0 Å². The number of allylic oxidation sites excluding steroid dienone is 3. The summed E-state index contributed by atoms with van der Waals surface area (Å²) < 4.78 is 5.10. The molecule has 1 aliphatic heterocycles. The number of carbonyl (C=O) groups is 2. The van der Waals surface area contributed by atoms with E-state index in [1.54, 1.807) is 6.92 Å². The first-order chi connectivity index (χ1) is 13.1. The Morgan fingerprint density at radius 3 is 2.89 bits per heavy atom. The zero-order chi connectivity index (χ0) is 19.0. The number of amides is 1. The molecule has 1 aromatic carbocycles. The molecule has 1 unspecified atom stereocenters. The summed E-state index contributed by atoms with van der Waals surface area (Å²) in [6.07, 6.45) is 6.48. The number of carbonyl (C=O) groups excluding carboxylic acids is 2. The number of anilines is 1. The minimum Gasteiger partial charge on any atom is -0.450 e. The van der Waals surface area contributed by atoms with Crippen molar-refractivity contribution in [1.82, 2.24) is 5.32 Å². The molecule has 0 spiro atoms. The van der Waals surface area contributed by atoms with Gasteiger partial charge in [-0.1, -0.05) is 46.3 Å². The molecular formula is C21H21BrN2O3. The van der Waals surface area contributed by atoms with Crippen LogP contribution < -0.4 is 10.6 Å². The third kappa shape index (κ3) is 3.12. The highest BCUT2D eigenvalue weighted by atomic mass is 79.9. The monoisotopic (exact) mass is 428 g/mol. The highest BCUT2D eigenvalue weighted by Gasteiger charge is 2.44. The van der Waals surface area contributed by atoms with Crippen LogP contribution in [0, 0.1) is 5.92 Å². The number of alkyl carbamates (subject to hydrolysis) is 1. The summed E-state index contributed by atoms with van der Waals surface area (Å²) in [5.41, 5.74) is 5.13. The van der Waals surface area contributed by atoms with E-state index in [9.17, 15) is 9.59 Å². The largest absolute Gasteiger partial charge is 0.450 e. The number of ketones is 1. The molecule has 3 aliphatic rings. The van der Waals surface area contributed by atoms with Crippen LogP contribution in [-0.2, 0) is 9.53 Å². The van der Waals surface area contributed by atoms with E-state index in [0.717, 1.165) is 28.1 Å². The van der Waals surface area contributed by atoms with Crippen molar-refractivity contribution in [3.63, 3.8) is 0 Å². The standard InChI is InChI=1S/C21H21BrN2O3/c1-2-27-21(26)24-16-10-8-12-7-9-15-18(12)20(16)19(17(25)11-22)13-5-3-4-6-14(13)23-15/h3-9,16,19-20,23H,2,10-11H2,1H3,(H,24,26)/t16?,19-,20-/m1/s1. The average molecular weight is 429 g/mol. The minimum atomic E-state index is -0.442. The summed E-state index contributed by atoms with van der Waals surface area (Å²) in [6, 6.07) is 7.70. The third-order valence-electron chi connectivity index (χ3n) is 5.37. The van der Waals surface area contributed by atoms with Gasteiger partial charge in [-0.25, -0.2) is 4.79 Å². The van der Waals surface area contributed by atoms with Crippen LogP contribution in [0.15, 0.2) is 59.3 Å². The van der Waals surface area contributed by atoms with Gasteiger partial charge in [-0.05, 0) is 42.2 Å². The van der Waals surface area contributed by atoms with Crippen molar-refractivity contribution >= 4 is 33.5 Å². The third-order valence-corrected chi connectivity index (χ3v) is 5.92. The van der Waals surface area contributed by atoms with Gasteiger partial charge in [-0.3, -0.25) is 4.79 Å². The number of hydrogen-bond acceptors (Lipinski definition) is 4. The van der Waals surface area contributed by atoms with E-state index in [2.05, 4.69) is 44.8 Å². The first kappa shape index (κ1) is 18.0. The number of rotatable bonds is 4. The fourth-order valence-corrected chi connectivity index (χ4v) is 4.67. The summed E-state index contributed by atoms with van der Waals surface area (Å²) in [4.78, 5) is 25.2. The molecule has 0 aromatic heterocycles. The normalized spacial score (nSPS) is 25.0. The number of fused-ring (bicyclic) bond motifs is 1. The molecule has 0 bridgehead atoms. The Kier molecular flexibility index (Phi) is 4.91. The summed E-state index contributed by atoms with van der Waals surface area (Å²) in [5.74, 6) is -0.400. The van der Waals surface area contributed by atoms with Crippen LogP contribution in [0.3, 0.4) is 0 Å². The van der Waals surface area contributed by atoms with Crippen molar-refractivity contribution in [2.24, 2.45) is 5.92 Å². The SMILES string of the molecule is CCOC(=O)NC1CC=C2C=CC3=C2[C@@H]1[C@@H](C(=O)CBr)c1ccccc1N3. The molecule has 5 nitrogen and oxygen atoms in total. The lowest BCUT2D eigenvalue weighted by Crippen LogP contribution is -2.46. The quantitative estimate of drug-likeness (QED) is 0.709. The van der Waals surface area contributed by atoms with Crippen molar-refractivity contribution in [3.8, 4) is 0 Å². The molecule has 0 fully saturated rings. The lowest BCUT2D eigenvalue weighted by atomic mass is 9.70. The van der Waals surface area contributed by atoms with Crippen LogP contribution >= 0.6 is 15.9 Å². The van der Waals surface area contributed by atoms with Crippen molar-refractivity contribution in [3.05, 3.63) is 64.9 Å². The molecule has 1 amide bonds. The molecule has 0 saturated carbocycles. The zero-order valence-corrected chi connectivity index (χ0v) is 16.6. The van der Waals surface area contributed by atoms with E-state index in [4.69, 9.17) is 4.74 Å². The van der Waals surface area contributed by atoms with Crippen molar-refractivity contribution in [2.45, 2.75) is 25.3 Å². The van der Waals surface area contributed by atoms with Gasteiger partial charge >= 0.3 is 6.09 Å². The highest BCUT2D eigenvalue weighted by molar-refractivity contribution is 9.09. The van der Waals surface area contributed by atoms with Crippen molar-refractivity contribution < 1.29 is 14.3 Å². The van der Waals surface area contributed by atoms with Crippen LogP contribution in [0.25, 0.3) is 0 Å². The highest BCUT2D eigenvalue weighted by Crippen LogP contribution is 2.49. The van der Waals surface area contributed by atoms with Gasteiger partial charge in [0.25, 0.3) is 0 Å². The number of para-hydroxylation sites is 1. The topological polar surface area (TPSA) is 67.4 Å². The molecule has 0 radical (unpaired) electrons. The van der Waals surface area contributed by atoms with Crippen LogP contribution in [0.4, 0.5) is 10.5 Å². The van der Waals surface area contributed by atoms with E-state index >= 15 is 0 Å². The fourth-order valence-electron chi connectivity index (χ4n) is 4.32. The van der Waals surface area contributed by atoms with Gasteiger partial charge in [0, 0.05) is 23.3 Å². The molecule has 1 aromatic rings. The van der Waals surface area contributed by atoms with Gasteiger partial charge < -0.3 is 15.4 Å². The lowest BCUT2D eigenvalue weighted by molar-refractivity contribution is -0.119. The Bertz CT molecular complexity index is 887. The van der Waals surface area contributed by atoms with Gasteiger partial charge in [-0.2, -0.15) is 0 Å². The van der Waals surface area contributed by atoms with E-state index in [1.165, 1.54) is 0 Å². The minimum absolute atomic E-state index is 0.104. The van der Waals surface area contributed by atoms with E-state index in [0.29, 0.717) is 13.0 Å². The maximum Gasteiger partial charge on any atom is 0.407 e. The zero-order valence-electron chi connectivity index (χ0n) is 15.0. The molecule has 4 rings (SSSR count). The van der Waals surface area contributed by atoms with Crippen molar-refractivity contribution in [2.75, 3.05) is 17.3 Å². The van der Waals surface area contributed by atoms with Gasteiger partial charge in [0.1, 0.15) is 0 Å². The summed E-state index contributed by atoms with van der Waals surface area (Å²) in [6.45, 7) is 2.09. The number of Topliss-reactive ketones (excluding diaryl/α,β-unsaturated/α-hetero) is 1. The van der Waals surface area contributed by atoms with Crippen molar-refractivity contribution in [1.29, 1.82) is 0 Å². The first-order valence-corrected chi connectivity index (χ1v) is 10.3. The van der Waals surface area contributed by atoms with E-state index in [1.807, 2.05) is 24.3 Å². The summed E-state index contributed by atoms with van der Waals surface area (Å²) in [7, 11) is 0. The molecule has 2 aliphatic carbocycles. The van der Waals surface area contributed by atoms with Crippen LogP contribution in [-0.4, -0.2) is 29.9 Å². The molecule has 3 atom stereocenters. The van der Waals surface area contributed by atoms with Gasteiger partial charge in [0.05, 0.1) is 17.9 Å². The second-order valence-electron chi connectivity index (χ2n) is 6.84. The second-order valence-corrected chi connectivity index (χ2v) is 7.40. The molecule has 140 valence electrons. The average Bonchev–Trinajstić information content (AvgIpc) is 3.00. The first-order valence-electron chi connectivity index (χ1n) is 9.14. The molecule has 27 heavy (non-hydrogen) atoms. The number of alkyl halides is 1. The lowest BCUT2D eigenvalue weighted by Gasteiger charge is -2.36. The predicted molar refractivity (Wildman–Crippen MR) is 108 cm³/mol. The Morgan fingerprint density at radius 1 is 1.30 bits per heavy atom. The summed E-state index contributed by atoms with van der Waals surface area (Å²) in [5, 5.41) is 6.76. The fraction of sp³-hybridized carbons (Fsp3) is 0.333. The Hall–Kier alpha value is -2.34. The Morgan fingerprint density at radius 2 is 2.11 bits per heavy atom. The van der Waals surface area contributed by atoms with Crippen LogP contribution in [0.2, 0.25) is 0 Å². The molecule has 6 heteroatoms. The van der Waals surface area contributed by atoms with E-state index < -0.39 is 6.09 Å². The number of nitrogens with one attached hydrogen (secondary N) is 2. The number of halogens is 1. The molecule has 0 saturated heterocycles. The van der Waals surface area contributed by atoms with Gasteiger partial charge in [0.15, 0.2) is 5.78 Å². The van der Waals surface area contributed by atoms with E-state index in [-0.39, 0.29) is 29.0 Å². The predicted octanol–water partition coefficient (Wildman–Crippen LogP) is 4.04. The Balaban J connectivity index is 1.84. The number of benzene rings is 1. The number of hydrogen-bond donors (Lipinski definition) is 2. The smallest absolute Gasteiger partial charge is 0.407 e.